The second kappa shape index (κ2) is 4.94. The van der Waals surface area contributed by atoms with Gasteiger partial charge in [-0.1, -0.05) is 20.3 Å². The lowest BCUT2D eigenvalue weighted by atomic mass is 9.87. The molecule has 2 fully saturated rings. The van der Waals surface area contributed by atoms with Gasteiger partial charge < -0.3 is 15.2 Å². The standard InChI is InChI=1S/C13H23NO3/c1-13(2)7-3-4-11(13)14-8-9-5-6-10(17-9)12(15)16/h9-11,14H,3-8H2,1-2H3,(H,15,16). The number of ether oxygens (including phenoxy) is 1. The van der Waals surface area contributed by atoms with Crippen LogP contribution in [0.3, 0.4) is 0 Å². The molecule has 4 nitrogen and oxygen atoms in total. The van der Waals surface area contributed by atoms with Gasteiger partial charge in [-0.05, 0) is 31.1 Å². The van der Waals surface area contributed by atoms with E-state index in [1.165, 1.54) is 19.3 Å². The zero-order chi connectivity index (χ0) is 12.5. The summed E-state index contributed by atoms with van der Waals surface area (Å²) in [4.78, 5) is 10.8. The maximum absolute atomic E-state index is 10.8. The maximum Gasteiger partial charge on any atom is 0.332 e. The van der Waals surface area contributed by atoms with E-state index >= 15 is 0 Å². The second-order valence-electron chi connectivity index (χ2n) is 6.00. The van der Waals surface area contributed by atoms with Crippen LogP contribution in [-0.4, -0.2) is 35.9 Å². The predicted molar refractivity (Wildman–Crippen MR) is 65.0 cm³/mol. The van der Waals surface area contributed by atoms with Gasteiger partial charge in [-0.2, -0.15) is 0 Å². The van der Waals surface area contributed by atoms with Gasteiger partial charge in [0.1, 0.15) is 0 Å². The van der Waals surface area contributed by atoms with Crippen molar-refractivity contribution in [1.82, 2.24) is 5.32 Å². The third-order valence-electron chi connectivity index (χ3n) is 4.23. The molecule has 0 aromatic rings. The highest BCUT2D eigenvalue weighted by atomic mass is 16.5. The van der Waals surface area contributed by atoms with Crippen molar-refractivity contribution in [3.8, 4) is 0 Å². The molecule has 2 rings (SSSR count). The first-order chi connectivity index (χ1) is 7.99. The van der Waals surface area contributed by atoms with Crippen LogP contribution in [0.15, 0.2) is 0 Å². The van der Waals surface area contributed by atoms with Crippen molar-refractivity contribution in [3.63, 3.8) is 0 Å². The van der Waals surface area contributed by atoms with Gasteiger partial charge in [0.25, 0.3) is 0 Å². The summed E-state index contributed by atoms with van der Waals surface area (Å²) in [7, 11) is 0. The summed E-state index contributed by atoms with van der Waals surface area (Å²) in [5, 5.41) is 12.4. The Kier molecular flexibility index (Phi) is 3.73. The summed E-state index contributed by atoms with van der Waals surface area (Å²) in [6.45, 7) is 5.39. The first-order valence-electron chi connectivity index (χ1n) is 6.61. The summed E-state index contributed by atoms with van der Waals surface area (Å²) >= 11 is 0. The Morgan fingerprint density at radius 1 is 1.41 bits per heavy atom. The Morgan fingerprint density at radius 2 is 2.18 bits per heavy atom. The topological polar surface area (TPSA) is 58.6 Å². The van der Waals surface area contributed by atoms with Crippen LogP contribution in [0.5, 0.6) is 0 Å². The van der Waals surface area contributed by atoms with E-state index < -0.39 is 12.1 Å². The molecule has 1 aliphatic heterocycles. The molecule has 98 valence electrons. The Labute approximate surface area is 103 Å². The Bertz CT molecular complexity index is 290. The fraction of sp³-hybridized carbons (Fsp3) is 0.923. The molecule has 1 aliphatic carbocycles. The van der Waals surface area contributed by atoms with Gasteiger partial charge in [0.2, 0.25) is 0 Å². The smallest absolute Gasteiger partial charge is 0.332 e. The number of carboxylic acids is 1. The molecule has 3 atom stereocenters. The minimum Gasteiger partial charge on any atom is -0.479 e. The number of hydrogen-bond acceptors (Lipinski definition) is 3. The minimum atomic E-state index is -0.825. The Morgan fingerprint density at radius 3 is 2.71 bits per heavy atom. The fourth-order valence-corrected chi connectivity index (χ4v) is 3.02. The van der Waals surface area contributed by atoms with Crippen molar-refractivity contribution in [2.45, 2.75) is 64.2 Å². The van der Waals surface area contributed by atoms with E-state index in [0.29, 0.717) is 17.9 Å². The molecule has 1 saturated heterocycles. The summed E-state index contributed by atoms with van der Waals surface area (Å²) in [5.41, 5.74) is 0.366. The van der Waals surface area contributed by atoms with Crippen molar-refractivity contribution < 1.29 is 14.6 Å². The van der Waals surface area contributed by atoms with E-state index in [9.17, 15) is 4.79 Å². The van der Waals surface area contributed by atoms with Crippen LogP contribution in [0.4, 0.5) is 0 Å². The first-order valence-corrected chi connectivity index (χ1v) is 6.61. The lowest BCUT2D eigenvalue weighted by Gasteiger charge is -2.29. The number of carbonyl (C=O) groups is 1. The molecular weight excluding hydrogens is 218 g/mol. The fourth-order valence-electron chi connectivity index (χ4n) is 3.02. The third kappa shape index (κ3) is 2.99. The molecule has 1 heterocycles. The summed E-state index contributed by atoms with van der Waals surface area (Å²) < 4.78 is 5.49. The van der Waals surface area contributed by atoms with Gasteiger partial charge in [-0.15, -0.1) is 0 Å². The SMILES string of the molecule is CC1(C)CCCC1NCC1CCC(C(=O)O)O1. The highest BCUT2D eigenvalue weighted by molar-refractivity contribution is 5.72. The molecular formula is C13H23NO3. The summed E-state index contributed by atoms with van der Waals surface area (Å²) in [6, 6.07) is 0.551. The molecule has 2 N–H and O–H groups in total. The van der Waals surface area contributed by atoms with Gasteiger partial charge in [-0.25, -0.2) is 4.79 Å². The van der Waals surface area contributed by atoms with Gasteiger partial charge >= 0.3 is 5.97 Å². The lowest BCUT2D eigenvalue weighted by Crippen LogP contribution is -2.41. The van der Waals surface area contributed by atoms with Gasteiger partial charge in [0, 0.05) is 12.6 Å². The van der Waals surface area contributed by atoms with Crippen LogP contribution in [0.25, 0.3) is 0 Å². The average Bonchev–Trinajstić information content (AvgIpc) is 2.81. The van der Waals surface area contributed by atoms with Crippen molar-refractivity contribution in [3.05, 3.63) is 0 Å². The van der Waals surface area contributed by atoms with Gasteiger partial charge in [0.05, 0.1) is 6.10 Å². The van der Waals surface area contributed by atoms with Crippen LogP contribution >= 0.6 is 0 Å². The number of nitrogens with one attached hydrogen (secondary N) is 1. The van der Waals surface area contributed by atoms with Gasteiger partial charge in [-0.3, -0.25) is 0 Å². The minimum absolute atomic E-state index is 0.0764. The Balaban J connectivity index is 1.74. The molecule has 0 bridgehead atoms. The van der Waals surface area contributed by atoms with Crippen LogP contribution in [0, 0.1) is 5.41 Å². The van der Waals surface area contributed by atoms with E-state index in [1.54, 1.807) is 0 Å². The number of rotatable bonds is 4. The first kappa shape index (κ1) is 12.8. The predicted octanol–water partition coefficient (Wildman–Crippen LogP) is 1.79. The molecule has 0 amide bonds. The quantitative estimate of drug-likeness (QED) is 0.788. The Hall–Kier alpha value is -0.610. The second-order valence-corrected chi connectivity index (χ2v) is 6.00. The van der Waals surface area contributed by atoms with Crippen molar-refractivity contribution >= 4 is 5.97 Å². The van der Waals surface area contributed by atoms with E-state index in [2.05, 4.69) is 19.2 Å². The molecule has 1 saturated carbocycles. The van der Waals surface area contributed by atoms with Crippen LogP contribution in [-0.2, 0) is 9.53 Å². The van der Waals surface area contributed by atoms with Crippen molar-refractivity contribution in [2.24, 2.45) is 5.41 Å². The molecule has 0 aromatic heterocycles. The highest BCUT2D eigenvalue weighted by Crippen LogP contribution is 2.37. The van der Waals surface area contributed by atoms with Crippen molar-refractivity contribution in [2.75, 3.05) is 6.54 Å². The normalized spacial score (nSPS) is 36.2. The molecule has 3 unspecified atom stereocenters. The molecule has 0 radical (unpaired) electrons. The lowest BCUT2D eigenvalue weighted by molar-refractivity contribution is -0.149. The molecule has 0 spiro atoms. The zero-order valence-corrected chi connectivity index (χ0v) is 10.7. The highest BCUT2D eigenvalue weighted by Gasteiger charge is 2.36. The zero-order valence-electron chi connectivity index (χ0n) is 10.7. The molecule has 4 heteroatoms. The van der Waals surface area contributed by atoms with Crippen LogP contribution < -0.4 is 5.32 Å². The molecule has 2 aliphatic rings. The average molecular weight is 241 g/mol. The monoisotopic (exact) mass is 241 g/mol. The number of hydrogen-bond donors (Lipinski definition) is 2. The van der Waals surface area contributed by atoms with E-state index in [4.69, 9.17) is 9.84 Å². The van der Waals surface area contributed by atoms with Gasteiger partial charge in [0.15, 0.2) is 6.10 Å². The van der Waals surface area contributed by atoms with E-state index in [-0.39, 0.29) is 6.10 Å². The van der Waals surface area contributed by atoms with E-state index in [1.807, 2.05) is 0 Å². The summed E-state index contributed by atoms with van der Waals surface area (Å²) in [6.07, 6.45) is 4.78. The molecule has 0 aromatic carbocycles. The summed E-state index contributed by atoms with van der Waals surface area (Å²) in [5.74, 6) is -0.825. The van der Waals surface area contributed by atoms with Crippen LogP contribution in [0.1, 0.15) is 46.0 Å². The number of carboxylic acid groups (broad SMARTS) is 1. The maximum atomic E-state index is 10.8. The van der Waals surface area contributed by atoms with Crippen LogP contribution in [0.2, 0.25) is 0 Å². The van der Waals surface area contributed by atoms with E-state index in [0.717, 1.165) is 13.0 Å². The molecule has 17 heavy (non-hydrogen) atoms. The van der Waals surface area contributed by atoms with Crippen molar-refractivity contribution in [1.29, 1.82) is 0 Å². The number of aliphatic carboxylic acids is 1. The largest absolute Gasteiger partial charge is 0.479 e. The third-order valence-corrected chi connectivity index (χ3v) is 4.23.